The van der Waals surface area contributed by atoms with Crippen LogP contribution in [0.5, 0.6) is 0 Å². The van der Waals surface area contributed by atoms with Crippen molar-refractivity contribution >= 4 is 28.3 Å². The molecule has 5 heteroatoms. The van der Waals surface area contributed by atoms with Gasteiger partial charge in [-0.2, -0.15) is 0 Å². The lowest BCUT2D eigenvalue weighted by Gasteiger charge is -2.04. The number of rotatable bonds is 1. The van der Waals surface area contributed by atoms with Crippen LogP contribution in [0.2, 0.25) is 5.15 Å². The van der Waals surface area contributed by atoms with Gasteiger partial charge in [0.2, 0.25) is 0 Å². The molecule has 0 aliphatic carbocycles. The van der Waals surface area contributed by atoms with Gasteiger partial charge >= 0.3 is 0 Å². The number of nitrogens with zero attached hydrogens (tertiary/aromatic N) is 2. The molecule has 13 heavy (non-hydrogen) atoms. The lowest BCUT2D eigenvalue weighted by Crippen LogP contribution is -2.07. The number of halogens is 1. The molecule has 2 aromatic rings. The van der Waals surface area contributed by atoms with Crippen molar-refractivity contribution in [2.75, 3.05) is 5.43 Å². The van der Waals surface area contributed by atoms with Crippen LogP contribution < -0.4 is 11.3 Å². The molecule has 0 radical (unpaired) electrons. The lowest BCUT2D eigenvalue weighted by atomic mass is 10.2. The molecule has 2 aromatic heterocycles. The fourth-order valence-corrected chi connectivity index (χ4v) is 1.34. The minimum atomic E-state index is 0.374. The van der Waals surface area contributed by atoms with Crippen molar-refractivity contribution in [2.45, 2.75) is 0 Å². The quantitative estimate of drug-likeness (QED) is 0.411. The highest BCUT2D eigenvalue weighted by molar-refractivity contribution is 6.30. The summed E-state index contributed by atoms with van der Waals surface area (Å²) in [5, 5.41) is 1.23. The highest BCUT2D eigenvalue weighted by Gasteiger charge is 2.02. The van der Waals surface area contributed by atoms with E-state index in [4.69, 9.17) is 17.4 Å². The van der Waals surface area contributed by atoms with Crippen LogP contribution in [0.25, 0.3) is 11.0 Å². The average Bonchev–Trinajstić information content (AvgIpc) is 2.16. The minimum absolute atomic E-state index is 0.374. The number of hydrogen-bond donors (Lipinski definition) is 2. The normalized spacial score (nSPS) is 10.3. The third-order valence-corrected chi connectivity index (χ3v) is 1.90. The maximum Gasteiger partial charge on any atom is 0.162 e. The first-order valence-corrected chi connectivity index (χ1v) is 4.07. The fraction of sp³-hybridized carbons (Fsp3) is 0. The summed E-state index contributed by atoms with van der Waals surface area (Å²) in [6, 6.07) is 5.35. The van der Waals surface area contributed by atoms with E-state index in [0.717, 1.165) is 11.1 Å². The van der Waals surface area contributed by atoms with Gasteiger partial charge in [-0.15, -0.1) is 0 Å². The minimum Gasteiger partial charge on any atom is -0.323 e. The summed E-state index contributed by atoms with van der Waals surface area (Å²) in [4.78, 5) is 8.10. The van der Waals surface area contributed by atoms with Gasteiger partial charge < -0.3 is 5.43 Å². The molecule has 0 saturated heterocycles. The molecule has 0 aliphatic rings. The van der Waals surface area contributed by atoms with Crippen LogP contribution in [-0.4, -0.2) is 9.97 Å². The van der Waals surface area contributed by atoms with Crippen molar-refractivity contribution < 1.29 is 0 Å². The van der Waals surface area contributed by atoms with Crippen molar-refractivity contribution in [2.24, 2.45) is 5.84 Å². The molecule has 0 fully saturated rings. The van der Waals surface area contributed by atoms with Crippen molar-refractivity contribution in [1.82, 2.24) is 9.97 Å². The van der Waals surface area contributed by atoms with Crippen LogP contribution in [0.4, 0.5) is 5.69 Å². The summed E-state index contributed by atoms with van der Waals surface area (Å²) in [6.45, 7) is 0. The van der Waals surface area contributed by atoms with Crippen LogP contribution in [-0.2, 0) is 0 Å². The molecule has 0 aromatic carbocycles. The molecule has 3 N–H and O–H groups in total. The van der Waals surface area contributed by atoms with Crippen LogP contribution in [0.3, 0.4) is 0 Å². The van der Waals surface area contributed by atoms with Gasteiger partial charge in [0.15, 0.2) is 5.65 Å². The van der Waals surface area contributed by atoms with Gasteiger partial charge in [0.1, 0.15) is 5.15 Å². The smallest absolute Gasteiger partial charge is 0.162 e. The Hall–Kier alpha value is -1.39. The number of hydrazine groups is 1. The largest absolute Gasteiger partial charge is 0.323 e. The molecular formula is C8H7ClN4. The average molecular weight is 195 g/mol. The summed E-state index contributed by atoms with van der Waals surface area (Å²) in [5.41, 5.74) is 3.86. The summed E-state index contributed by atoms with van der Waals surface area (Å²) in [7, 11) is 0. The summed E-state index contributed by atoms with van der Waals surface area (Å²) >= 11 is 5.76. The number of anilines is 1. The first kappa shape index (κ1) is 8.22. The number of nitrogens with one attached hydrogen (secondary N) is 1. The van der Waals surface area contributed by atoms with Crippen LogP contribution in [0, 0.1) is 0 Å². The second-order valence-electron chi connectivity index (χ2n) is 2.51. The second-order valence-corrected chi connectivity index (χ2v) is 2.90. The number of nitrogen functional groups attached to an aromatic ring is 1. The maximum absolute atomic E-state index is 5.76. The summed E-state index contributed by atoms with van der Waals surface area (Å²) in [6.07, 6.45) is 1.66. The molecule has 2 heterocycles. The Morgan fingerprint density at radius 3 is 3.08 bits per heavy atom. The lowest BCUT2D eigenvalue weighted by molar-refractivity contribution is 1.27. The number of aromatic nitrogens is 2. The monoisotopic (exact) mass is 194 g/mol. The van der Waals surface area contributed by atoms with Gasteiger partial charge in [0, 0.05) is 17.6 Å². The molecule has 0 unspecified atom stereocenters. The Kier molecular flexibility index (Phi) is 2.00. The molecule has 0 amide bonds. The van der Waals surface area contributed by atoms with Crippen molar-refractivity contribution in [3.8, 4) is 0 Å². The van der Waals surface area contributed by atoms with Crippen molar-refractivity contribution in [3.05, 3.63) is 29.5 Å². The Balaban J connectivity index is 2.81. The first-order chi connectivity index (χ1) is 6.31. The van der Waals surface area contributed by atoms with Gasteiger partial charge in [0.25, 0.3) is 0 Å². The molecule has 0 spiro atoms. The fourth-order valence-electron chi connectivity index (χ4n) is 1.15. The first-order valence-electron chi connectivity index (χ1n) is 3.69. The van der Waals surface area contributed by atoms with Crippen LogP contribution in [0.15, 0.2) is 24.4 Å². The molecule has 4 nitrogen and oxygen atoms in total. The van der Waals surface area contributed by atoms with E-state index in [2.05, 4.69) is 15.4 Å². The van der Waals surface area contributed by atoms with E-state index in [-0.39, 0.29) is 0 Å². The van der Waals surface area contributed by atoms with Crippen molar-refractivity contribution in [3.63, 3.8) is 0 Å². The SMILES string of the molecule is NNc1cc(Cl)nc2ncccc12. The number of hydrogen-bond acceptors (Lipinski definition) is 4. The van der Waals surface area contributed by atoms with E-state index in [0.29, 0.717) is 10.8 Å². The third kappa shape index (κ3) is 1.41. The van der Waals surface area contributed by atoms with Crippen molar-refractivity contribution in [1.29, 1.82) is 0 Å². The molecule has 66 valence electrons. The standard InChI is InChI=1S/C8H7ClN4/c9-7-4-6(13-10)5-2-1-3-11-8(5)12-7/h1-4H,10H2,(H,11,12,13). The molecule has 2 rings (SSSR count). The van der Waals surface area contributed by atoms with Crippen LogP contribution in [0.1, 0.15) is 0 Å². The summed E-state index contributed by atoms with van der Waals surface area (Å²) < 4.78 is 0. The van der Waals surface area contributed by atoms with E-state index >= 15 is 0 Å². The topological polar surface area (TPSA) is 63.8 Å². The van der Waals surface area contributed by atoms with Gasteiger partial charge in [-0.25, -0.2) is 9.97 Å². The second kappa shape index (κ2) is 3.16. The summed E-state index contributed by atoms with van der Waals surface area (Å²) in [5.74, 6) is 5.32. The van der Waals surface area contributed by atoms with E-state index in [1.165, 1.54) is 0 Å². The van der Waals surface area contributed by atoms with E-state index < -0.39 is 0 Å². The number of fused-ring (bicyclic) bond motifs is 1. The molecule has 0 saturated carbocycles. The van der Waals surface area contributed by atoms with Gasteiger partial charge in [-0.3, -0.25) is 5.84 Å². The van der Waals surface area contributed by atoms with Gasteiger partial charge in [-0.1, -0.05) is 11.6 Å². The number of nitrogens with two attached hydrogens (primary N) is 1. The Labute approximate surface area is 79.7 Å². The Bertz CT molecular complexity index is 443. The molecular weight excluding hydrogens is 188 g/mol. The number of pyridine rings is 2. The zero-order chi connectivity index (χ0) is 9.26. The Morgan fingerprint density at radius 1 is 1.46 bits per heavy atom. The predicted octanol–water partition coefficient (Wildman–Crippen LogP) is 1.57. The van der Waals surface area contributed by atoms with E-state index in [1.54, 1.807) is 12.3 Å². The molecule has 0 atom stereocenters. The van der Waals surface area contributed by atoms with Crippen LogP contribution >= 0.6 is 11.6 Å². The Morgan fingerprint density at radius 2 is 2.31 bits per heavy atom. The van der Waals surface area contributed by atoms with E-state index in [9.17, 15) is 0 Å². The molecule has 0 bridgehead atoms. The predicted molar refractivity (Wildman–Crippen MR) is 52.4 cm³/mol. The highest BCUT2D eigenvalue weighted by atomic mass is 35.5. The van der Waals surface area contributed by atoms with Gasteiger partial charge in [0.05, 0.1) is 5.69 Å². The zero-order valence-electron chi connectivity index (χ0n) is 6.66. The van der Waals surface area contributed by atoms with E-state index in [1.807, 2.05) is 12.1 Å². The zero-order valence-corrected chi connectivity index (χ0v) is 7.42. The maximum atomic E-state index is 5.76. The third-order valence-electron chi connectivity index (χ3n) is 1.71. The molecule has 0 aliphatic heterocycles. The van der Waals surface area contributed by atoms with Gasteiger partial charge in [-0.05, 0) is 12.1 Å². The highest BCUT2D eigenvalue weighted by Crippen LogP contribution is 2.22.